The SMILES string of the molecule is Cc1nc2n(c1C)CCN(C(C)C(=O)N1CCCc3ccccc31)C2. The first-order valence-electron chi connectivity index (χ1n) is 9.22. The smallest absolute Gasteiger partial charge is 0.244 e. The van der Waals surface area contributed by atoms with Crippen LogP contribution in [0.2, 0.25) is 0 Å². The molecule has 5 heteroatoms. The highest BCUT2D eigenvalue weighted by Gasteiger charge is 2.32. The van der Waals surface area contributed by atoms with E-state index in [1.807, 2.05) is 17.9 Å². The predicted octanol–water partition coefficient (Wildman–Crippen LogP) is 2.68. The van der Waals surface area contributed by atoms with Gasteiger partial charge in [0.25, 0.3) is 0 Å². The Labute approximate surface area is 149 Å². The number of aromatic nitrogens is 2. The van der Waals surface area contributed by atoms with Gasteiger partial charge in [-0.1, -0.05) is 18.2 Å². The van der Waals surface area contributed by atoms with Crippen molar-refractivity contribution in [1.29, 1.82) is 0 Å². The molecule has 0 fully saturated rings. The van der Waals surface area contributed by atoms with Crippen molar-refractivity contribution in [2.24, 2.45) is 0 Å². The zero-order valence-corrected chi connectivity index (χ0v) is 15.3. The Morgan fingerprint density at radius 3 is 2.80 bits per heavy atom. The zero-order valence-electron chi connectivity index (χ0n) is 15.3. The number of carbonyl (C=O) groups excluding carboxylic acids is 1. The lowest BCUT2D eigenvalue weighted by molar-refractivity contribution is -0.123. The Kier molecular flexibility index (Phi) is 4.12. The summed E-state index contributed by atoms with van der Waals surface area (Å²) in [6.45, 7) is 9.60. The summed E-state index contributed by atoms with van der Waals surface area (Å²) in [5.74, 6) is 1.29. The van der Waals surface area contributed by atoms with E-state index in [2.05, 4.69) is 46.5 Å². The largest absolute Gasteiger partial charge is 0.330 e. The van der Waals surface area contributed by atoms with Gasteiger partial charge in [0, 0.05) is 31.0 Å². The van der Waals surface area contributed by atoms with Crippen molar-refractivity contribution in [3.05, 3.63) is 47.0 Å². The molecule has 0 saturated heterocycles. The molecule has 2 aromatic rings. The van der Waals surface area contributed by atoms with Gasteiger partial charge in [0.1, 0.15) is 5.82 Å². The molecule has 0 aliphatic carbocycles. The Hall–Kier alpha value is -2.14. The topological polar surface area (TPSA) is 41.4 Å². The Morgan fingerprint density at radius 2 is 1.96 bits per heavy atom. The fourth-order valence-electron chi connectivity index (χ4n) is 4.11. The molecule has 1 amide bonds. The first-order chi connectivity index (χ1) is 12.1. The number of hydrogen-bond acceptors (Lipinski definition) is 3. The first kappa shape index (κ1) is 16.3. The zero-order chi connectivity index (χ0) is 17.6. The van der Waals surface area contributed by atoms with Gasteiger partial charge in [-0.05, 0) is 45.2 Å². The molecule has 0 spiro atoms. The van der Waals surface area contributed by atoms with Crippen LogP contribution in [0.1, 0.15) is 36.1 Å². The fraction of sp³-hybridized carbons (Fsp3) is 0.500. The maximum absolute atomic E-state index is 13.2. The summed E-state index contributed by atoms with van der Waals surface area (Å²) in [4.78, 5) is 22.1. The van der Waals surface area contributed by atoms with Crippen LogP contribution in [-0.4, -0.2) is 39.5 Å². The Morgan fingerprint density at radius 1 is 1.16 bits per heavy atom. The van der Waals surface area contributed by atoms with Crippen molar-refractivity contribution in [3.8, 4) is 0 Å². The molecule has 2 aliphatic rings. The molecule has 3 heterocycles. The normalized spacial score (nSPS) is 18.6. The third-order valence-corrected chi connectivity index (χ3v) is 5.77. The van der Waals surface area contributed by atoms with E-state index in [0.29, 0.717) is 0 Å². The van der Waals surface area contributed by atoms with Gasteiger partial charge in [-0.2, -0.15) is 0 Å². The van der Waals surface area contributed by atoms with Crippen molar-refractivity contribution >= 4 is 11.6 Å². The predicted molar refractivity (Wildman–Crippen MR) is 98.7 cm³/mol. The van der Waals surface area contributed by atoms with E-state index in [4.69, 9.17) is 0 Å². The molecule has 0 bridgehead atoms. The van der Waals surface area contributed by atoms with Crippen LogP contribution in [0, 0.1) is 13.8 Å². The van der Waals surface area contributed by atoms with Gasteiger partial charge in [0.2, 0.25) is 5.91 Å². The van der Waals surface area contributed by atoms with Crippen molar-refractivity contribution < 1.29 is 4.79 Å². The van der Waals surface area contributed by atoms with Gasteiger partial charge < -0.3 is 9.47 Å². The molecule has 0 radical (unpaired) electrons. The van der Waals surface area contributed by atoms with Gasteiger partial charge in [-0.25, -0.2) is 4.98 Å². The highest BCUT2D eigenvalue weighted by Crippen LogP contribution is 2.28. The number of benzene rings is 1. The number of imidazole rings is 1. The second-order valence-electron chi connectivity index (χ2n) is 7.22. The van der Waals surface area contributed by atoms with Crippen LogP contribution in [0.4, 0.5) is 5.69 Å². The van der Waals surface area contributed by atoms with Crippen LogP contribution >= 0.6 is 0 Å². The molecular formula is C20H26N4O. The van der Waals surface area contributed by atoms with Crippen LogP contribution < -0.4 is 4.90 Å². The van der Waals surface area contributed by atoms with E-state index in [1.165, 1.54) is 11.3 Å². The van der Waals surface area contributed by atoms with E-state index >= 15 is 0 Å². The number of nitrogens with zero attached hydrogens (tertiary/aromatic N) is 4. The van der Waals surface area contributed by atoms with Crippen LogP contribution in [0.25, 0.3) is 0 Å². The summed E-state index contributed by atoms with van der Waals surface area (Å²) in [6.07, 6.45) is 2.10. The molecule has 4 rings (SSSR count). The molecule has 0 saturated carbocycles. The number of aryl methyl sites for hydroxylation is 2. The molecular weight excluding hydrogens is 312 g/mol. The number of carbonyl (C=O) groups is 1. The monoisotopic (exact) mass is 338 g/mol. The number of para-hydroxylation sites is 1. The third-order valence-electron chi connectivity index (χ3n) is 5.77. The minimum Gasteiger partial charge on any atom is -0.330 e. The van der Waals surface area contributed by atoms with Gasteiger partial charge in [-0.3, -0.25) is 9.69 Å². The second kappa shape index (κ2) is 6.30. The van der Waals surface area contributed by atoms with Crippen LogP contribution in [0.5, 0.6) is 0 Å². The number of anilines is 1. The van der Waals surface area contributed by atoms with E-state index in [1.54, 1.807) is 0 Å². The lowest BCUT2D eigenvalue weighted by Gasteiger charge is -2.37. The molecule has 132 valence electrons. The van der Waals surface area contributed by atoms with E-state index < -0.39 is 0 Å². The average Bonchev–Trinajstić information content (AvgIpc) is 2.93. The average molecular weight is 338 g/mol. The number of hydrogen-bond donors (Lipinski definition) is 0. The minimum atomic E-state index is -0.128. The highest BCUT2D eigenvalue weighted by atomic mass is 16.2. The Bertz CT molecular complexity index is 810. The second-order valence-corrected chi connectivity index (χ2v) is 7.22. The molecule has 1 unspecified atom stereocenters. The first-order valence-corrected chi connectivity index (χ1v) is 9.22. The number of fused-ring (bicyclic) bond motifs is 2. The lowest BCUT2D eigenvalue weighted by Crippen LogP contribution is -2.50. The maximum atomic E-state index is 13.2. The lowest BCUT2D eigenvalue weighted by atomic mass is 10.0. The fourth-order valence-corrected chi connectivity index (χ4v) is 4.11. The van der Waals surface area contributed by atoms with Gasteiger partial charge in [-0.15, -0.1) is 0 Å². The van der Waals surface area contributed by atoms with Gasteiger partial charge in [0.05, 0.1) is 18.3 Å². The molecule has 1 atom stereocenters. The quantitative estimate of drug-likeness (QED) is 0.845. The summed E-state index contributed by atoms with van der Waals surface area (Å²) >= 11 is 0. The van der Waals surface area contributed by atoms with Crippen molar-refractivity contribution in [2.45, 2.75) is 52.7 Å². The summed E-state index contributed by atoms with van der Waals surface area (Å²) in [6, 6.07) is 8.18. The number of rotatable bonds is 2. The summed E-state index contributed by atoms with van der Waals surface area (Å²) in [5, 5.41) is 0. The summed E-state index contributed by atoms with van der Waals surface area (Å²) in [5.41, 5.74) is 4.73. The molecule has 0 N–H and O–H groups in total. The molecule has 5 nitrogen and oxygen atoms in total. The minimum absolute atomic E-state index is 0.128. The van der Waals surface area contributed by atoms with Crippen molar-refractivity contribution in [3.63, 3.8) is 0 Å². The van der Waals surface area contributed by atoms with E-state index in [9.17, 15) is 4.79 Å². The maximum Gasteiger partial charge on any atom is 0.244 e. The third kappa shape index (κ3) is 2.76. The van der Waals surface area contributed by atoms with Crippen LogP contribution in [-0.2, 0) is 24.3 Å². The van der Waals surface area contributed by atoms with E-state index in [-0.39, 0.29) is 11.9 Å². The van der Waals surface area contributed by atoms with Crippen LogP contribution in [0.3, 0.4) is 0 Å². The standard InChI is InChI=1S/C20H26N4O/c1-14-15(2)23-12-11-22(13-19(23)21-14)16(3)20(25)24-10-6-8-17-7-4-5-9-18(17)24/h4-5,7,9,16H,6,8,10-13H2,1-3H3. The summed E-state index contributed by atoms with van der Waals surface area (Å²) in [7, 11) is 0. The van der Waals surface area contributed by atoms with Gasteiger partial charge >= 0.3 is 0 Å². The van der Waals surface area contributed by atoms with Crippen LogP contribution in [0.15, 0.2) is 24.3 Å². The van der Waals surface area contributed by atoms with Gasteiger partial charge in [0.15, 0.2) is 0 Å². The molecule has 1 aromatic heterocycles. The molecule has 25 heavy (non-hydrogen) atoms. The molecule has 1 aromatic carbocycles. The van der Waals surface area contributed by atoms with Crippen molar-refractivity contribution in [2.75, 3.05) is 18.0 Å². The number of amides is 1. The molecule has 2 aliphatic heterocycles. The Balaban J connectivity index is 1.54. The summed E-state index contributed by atoms with van der Waals surface area (Å²) < 4.78 is 2.29. The van der Waals surface area contributed by atoms with E-state index in [0.717, 1.165) is 56.2 Å². The highest BCUT2D eigenvalue weighted by molar-refractivity contribution is 5.98. The van der Waals surface area contributed by atoms with Crippen molar-refractivity contribution in [1.82, 2.24) is 14.5 Å².